The van der Waals surface area contributed by atoms with E-state index in [0.29, 0.717) is 23.1 Å². The van der Waals surface area contributed by atoms with Crippen molar-refractivity contribution in [3.8, 4) is 11.5 Å². The number of pyridine rings is 1. The lowest BCUT2D eigenvalue weighted by Crippen LogP contribution is -1.97. The van der Waals surface area contributed by atoms with Crippen LogP contribution in [0.3, 0.4) is 0 Å². The summed E-state index contributed by atoms with van der Waals surface area (Å²) >= 11 is 6.08. The van der Waals surface area contributed by atoms with E-state index in [1.54, 1.807) is 12.4 Å². The second-order valence-corrected chi connectivity index (χ2v) is 4.18. The second-order valence-electron chi connectivity index (χ2n) is 3.77. The van der Waals surface area contributed by atoms with E-state index in [9.17, 15) is 0 Å². The first-order valence-electron chi connectivity index (χ1n) is 5.27. The number of nitrogens with zero attached hydrogens (tertiary/aromatic N) is 1. The Labute approximate surface area is 105 Å². The molecule has 2 aromatic rings. The van der Waals surface area contributed by atoms with Gasteiger partial charge in [0.15, 0.2) is 0 Å². The Balaban J connectivity index is 2.25. The van der Waals surface area contributed by atoms with E-state index in [4.69, 9.17) is 22.1 Å². The van der Waals surface area contributed by atoms with Gasteiger partial charge in [0.05, 0.1) is 11.2 Å². The maximum atomic E-state index is 6.08. The largest absolute Gasteiger partial charge is 0.454 e. The average molecular weight is 249 g/mol. The van der Waals surface area contributed by atoms with Crippen LogP contribution < -0.4 is 10.5 Å². The highest BCUT2D eigenvalue weighted by atomic mass is 35.5. The summed E-state index contributed by atoms with van der Waals surface area (Å²) in [7, 11) is 0. The number of halogens is 1. The van der Waals surface area contributed by atoms with Gasteiger partial charge in [-0.2, -0.15) is 0 Å². The maximum absolute atomic E-state index is 6.08. The fourth-order valence-corrected chi connectivity index (χ4v) is 1.72. The molecule has 0 fully saturated rings. The molecule has 0 radical (unpaired) electrons. The van der Waals surface area contributed by atoms with Crippen LogP contribution in [0.4, 0.5) is 0 Å². The van der Waals surface area contributed by atoms with Gasteiger partial charge in [-0.1, -0.05) is 17.7 Å². The van der Waals surface area contributed by atoms with Gasteiger partial charge >= 0.3 is 0 Å². The maximum Gasteiger partial charge on any atom is 0.146 e. The molecule has 0 atom stereocenters. The molecule has 0 bridgehead atoms. The molecule has 17 heavy (non-hydrogen) atoms. The standard InChI is InChI=1S/C13H13ClN2O/c1-9-2-3-13(12(14)4-9)17-11-5-10(6-15)7-16-8-11/h2-5,7-8H,6,15H2,1H3. The minimum atomic E-state index is 0.436. The molecule has 88 valence electrons. The first-order chi connectivity index (χ1) is 8.19. The molecular weight excluding hydrogens is 236 g/mol. The van der Waals surface area contributed by atoms with E-state index in [-0.39, 0.29) is 0 Å². The van der Waals surface area contributed by atoms with E-state index < -0.39 is 0 Å². The van der Waals surface area contributed by atoms with Crippen LogP contribution in [0.5, 0.6) is 11.5 Å². The van der Waals surface area contributed by atoms with E-state index in [2.05, 4.69) is 4.98 Å². The van der Waals surface area contributed by atoms with Crippen LogP contribution in [0.25, 0.3) is 0 Å². The molecule has 0 unspecified atom stereocenters. The van der Waals surface area contributed by atoms with Crippen LogP contribution in [-0.4, -0.2) is 4.98 Å². The molecule has 1 aromatic heterocycles. The number of benzene rings is 1. The monoisotopic (exact) mass is 248 g/mol. The van der Waals surface area contributed by atoms with Crippen molar-refractivity contribution >= 4 is 11.6 Å². The minimum Gasteiger partial charge on any atom is -0.454 e. The number of hydrogen-bond acceptors (Lipinski definition) is 3. The summed E-state index contributed by atoms with van der Waals surface area (Å²) in [5, 5.41) is 0.586. The van der Waals surface area contributed by atoms with Crippen molar-refractivity contribution in [1.82, 2.24) is 4.98 Å². The van der Waals surface area contributed by atoms with Gasteiger partial charge in [0.1, 0.15) is 11.5 Å². The molecule has 0 aliphatic carbocycles. The van der Waals surface area contributed by atoms with Crippen LogP contribution >= 0.6 is 11.6 Å². The predicted octanol–water partition coefficient (Wildman–Crippen LogP) is 3.29. The van der Waals surface area contributed by atoms with Crippen molar-refractivity contribution in [2.75, 3.05) is 0 Å². The second kappa shape index (κ2) is 5.17. The van der Waals surface area contributed by atoms with Crippen molar-refractivity contribution in [2.45, 2.75) is 13.5 Å². The van der Waals surface area contributed by atoms with Crippen molar-refractivity contribution in [3.63, 3.8) is 0 Å². The molecule has 2 N–H and O–H groups in total. The van der Waals surface area contributed by atoms with Crippen molar-refractivity contribution < 1.29 is 4.74 Å². The molecule has 0 amide bonds. The molecule has 0 saturated carbocycles. The Hall–Kier alpha value is -1.58. The van der Waals surface area contributed by atoms with Crippen molar-refractivity contribution in [2.24, 2.45) is 5.73 Å². The Morgan fingerprint density at radius 3 is 2.82 bits per heavy atom. The number of aryl methyl sites for hydroxylation is 1. The Bertz CT molecular complexity index is 529. The number of ether oxygens (including phenoxy) is 1. The molecule has 0 aliphatic heterocycles. The first-order valence-corrected chi connectivity index (χ1v) is 5.65. The van der Waals surface area contributed by atoms with Gasteiger partial charge < -0.3 is 10.5 Å². The van der Waals surface area contributed by atoms with Gasteiger partial charge in [0, 0.05) is 12.7 Å². The molecule has 0 aliphatic rings. The topological polar surface area (TPSA) is 48.1 Å². The average Bonchev–Trinajstić information content (AvgIpc) is 2.33. The summed E-state index contributed by atoms with van der Waals surface area (Å²) in [4.78, 5) is 4.05. The molecular formula is C13H13ClN2O. The molecule has 2 rings (SSSR count). The highest BCUT2D eigenvalue weighted by Gasteiger charge is 2.04. The summed E-state index contributed by atoms with van der Waals surface area (Å²) in [5.74, 6) is 1.26. The fraction of sp³-hybridized carbons (Fsp3) is 0.154. The van der Waals surface area contributed by atoms with Crippen LogP contribution in [-0.2, 0) is 6.54 Å². The highest BCUT2D eigenvalue weighted by molar-refractivity contribution is 6.32. The molecule has 4 heteroatoms. The smallest absolute Gasteiger partial charge is 0.146 e. The molecule has 0 saturated heterocycles. The lowest BCUT2D eigenvalue weighted by Gasteiger charge is -2.08. The summed E-state index contributed by atoms with van der Waals surface area (Å²) in [6, 6.07) is 7.49. The van der Waals surface area contributed by atoms with Gasteiger partial charge in [0.25, 0.3) is 0 Å². The lowest BCUT2D eigenvalue weighted by atomic mass is 10.2. The third-order valence-electron chi connectivity index (χ3n) is 2.32. The number of rotatable bonds is 3. The molecule has 3 nitrogen and oxygen atoms in total. The van der Waals surface area contributed by atoms with Gasteiger partial charge in [-0.25, -0.2) is 0 Å². The third-order valence-corrected chi connectivity index (χ3v) is 2.62. The van der Waals surface area contributed by atoms with Gasteiger partial charge in [-0.05, 0) is 36.2 Å². The number of nitrogens with two attached hydrogens (primary N) is 1. The zero-order valence-electron chi connectivity index (χ0n) is 9.48. The van der Waals surface area contributed by atoms with Crippen molar-refractivity contribution in [3.05, 3.63) is 52.8 Å². The van der Waals surface area contributed by atoms with Gasteiger partial charge in [-0.15, -0.1) is 0 Å². The van der Waals surface area contributed by atoms with E-state index in [1.807, 2.05) is 31.2 Å². The Morgan fingerprint density at radius 1 is 1.29 bits per heavy atom. The molecule has 1 heterocycles. The van der Waals surface area contributed by atoms with Crippen molar-refractivity contribution in [1.29, 1.82) is 0 Å². The minimum absolute atomic E-state index is 0.436. The fourth-order valence-electron chi connectivity index (χ4n) is 1.45. The summed E-state index contributed by atoms with van der Waals surface area (Å²) < 4.78 is 5.66. The van der Waals surface area contributed by atoms with Gasteiger partial charge in [-0.3, -0.25) is 4.98 Å². The SMILES string of the molecule is Cc1ccc(Oc2cncc(CN)c2)c(Cl)c1. The zero-order chi connectivity index (χ0) is 12.3. The van der Waals surface area contributed by atoms with E-state index in [0.717, 1.165) is 11.1 Å². The zero-order valence-corrected chi connectivity index (χ0v) is 10.2. The van der Waals surface area contributed by atoms with E-state index in [1.165, 1.54) is 0 Å². The summed E-state index contributed by atoms with van der Waals surface area (Å²) in [6.45, 7) is 2.41. The lowest BCUT2D eigenvalue weighted by molar-refractivity contribution is 0.479. The normalized spacial score (nSPS) is 10.3. The van der Waals surface area contributed by atoms with Crippen LogP contribution in [0.1, 0.15) is 11.1 Å². The highest BCUT2D eigenvalue weighted by Crippen LogP contribution is 2.29. The van der Waals surface area contributed by atoms with Crippen LogP contribution in [0.2, 0.25) is 5.02 Å². The molecule has 1 aromatic carbocycles. The third kappa shape index (κ3) is 2.96. The number of hydrogen-bond donors (Lipinski definition) is 1. The Kier molecular flexibility index (Phi) is 3.61. The van der Waals surface area contributed by atoms with Gasteiger partial charge in [0.2, 0.25) is 0 Å². The van der Waals surface area contributed by atoms with Crippen LogP contribution in [0.15, 0.2) is 36.7 Å². The first kappa shape index (κ1) is 11.9. The van der Waals surface area contributed by atoms with E-state index >= 15 is 0 Å². The number of aromatic nitrogens is 1. The Morgan fingerprint density at radius 2 is 2.12 bits per heavy atom. The summed E-state index contributed by atoms with van der Waals surface area (Å²) in [5.41, 5.74) is 7.56. The molecule has 0 spiro atoms. The van der Waals surface area contributed by atoms with Crippen LogP contribution in [0, 0.1) is 6.92 Å². The quantitative estimate of drug-likeness (QED) is 0.907. The predicted molar refractivity (Wildman–Crippen MR) is 68.4 cm³/mol. The summed E-state index contributed by atoms with van der Waals surface area (Å²) in [6.07, 6.45) is 3.35.